The molecule has 0 saturated heterocycles. The number of nitrogens with one attached hydrogen (secondary N) is 1. The minimum Gasteiger partial charge on any atom is -0.379 e. The van der Waals surface area contributed by atoms with Crippen molar-refractivity contribution in [3.8, 4) is 0 Å². The van der Waals surface area contributed by atoms with Gasteiger partial charge in [0.25, 0.3) is 5.09 Å². The highest BCUT2D eigenvalue weighted by molar-refractivity contribution is 7.17. The fourth-order valence-electron chi connectivity index (χ4n) is 1.49. The summed E-state index contributed by atoms with van der Waals surface area (Å²) in [6.07, 6.45) is -3.61. The fourth-order valence-corrected chi connectivity index (χ4v) is 2.29. The van der Waals surface area contributed by atoms with Crippen LogP contribution >= 0.6 is 11.3 Å². The predicted molar refractivity (Wildman–Crippen MR) is 73.3 cm³/mol. The van der Waals surface area contributed by atoms with E-state index >= 15 is 0 Å². The van der Waals surface area contributed by atoms with Gasteiger partial charge < -0.3 is 10.5 Å². The molecule has 0 amide bonds. The van der Waals surface area contributed by atoms with Gasteiger partial charge in [0.15, 0.2) is 0 Å². The molecule has 1 aromatic rings. The first-order chi connectivity index (χ1) is 10.6. The van der Waals surface area contributed by atoms with Gasteiger partial charge in [-0.15, -0.1) is 10.1 Å². The van der Waals surface area contributed by atoms with Gasteiger partial charge in [-0.2, -0.15) is 13.2 Å². The third-order valence-corrected chi connectivity index (χ3v) is 3.38. The lowest BCUT2D eigenvalue weighted by atomic mass is 10.2. The molecule has 13 heteroatoms. The maximum atomic E-state index is 12.7. The average Bonchev–Trinajstić information content (AvgIpc) is 2.75. The van der Waals surface area contributed by atoms with Crippen LogP contribution in [0.3, 0.4) is 0 Å². The molecule has 1 aliphatic heterocycles. The minimum atomic E-state index is -4.49. The minimum absolute atomic E-state index is 0.0717. The summed E-state index contributed by atoms with van der Waals surface area (Å²) < 4.78 is 38.0. The Balaban J connectivity index is 0.000000593. The molecule has 0 spiro atoms. The van der Waals surface area contributed by atoms with E-state index in [-0.39, 0.29) is 23.8 Å². The van der Waals surface area contributed by atoms with Crippen molar-refractivity contribution in [2.75, 3.05) is 13.1 Å². The van der Waals surface area contributed by atoms with Gasteiger partial charge in [0.05, 0.1) is 22.1 Å². The number of aliphatic imine (C=N–C) groups is 1. The Morgan fingerprint density at radius 1 is 1.30 bits per heavy atom. The van der Waals surface area contributed by atoms with Crippen LogP contribution in [0.4, 0.5) is 18.2 Å². The number of halogens is 3. The number of alkyl halides is 3. The average molecular weight is 354 g/mol. The van der Waals surface area contributed by atoms with Gasteiger partial charge in [-0.05, 0) is 12.1 Å². The van der Waals surface area contributed by atoms with Crippen molar-refractivity contribution < 1.29 is 28.4 Å². The van der Waals surface area contributed by atoms with Crippen LogP contribution in [0.1, 0.15) is 4.88 Å². The van der Waals surface area contributed by atoms with Crippen molar-refractivity contribution in [3.63, 3.8) is 0 Å². The molecule has 9 nitrogen and oxygen atoms in total. The second-order valence-electron chi connectivity index (χ2n) is 3.88. The second kappa shape index (κ2) is 7.53. The highest BCUT2D eigenvalue weighted by atomic mass is 32.1. The molecule has 2 N–H and O–H groups in total. The molecule has 1 aliphatic rings. The third kappa shape index (κ3) is 5.90. The van der Waals surface area contributed by atoms with Crippen LogP contribution < -0.4 is 5.32 Å². The molecule has 0 fully saturated rings. The first-order valence-corrected chi connectivity index (χ1v) is 6.58. The molecule has 0 radical (unpaired) electrons. The maximum Gasteiger partial charge on any atom is 0.430 e. The number of thiophene rings is 1. The zero-order chi connectivity index (χ0) is 17.6. The monoisotopic (exact) mass is 354 g/mol. The van der Waals surface area contributed by atoms with E-state index in [2.05, 4.69) is 10.3 Å². The van der Waals surface area contributed by atoms with Crippen molar-refractivity contribution in [3.05, 3.63) is 49.0 Å². The van der Waals surface area contributed by atoms with Gasteiger partial charge in [0, 0.05) is 12.6 Å². The lowest BCUT2D eigenvalue weighted by molar-refractivity contribution is -0.742. The molecule has 0 aromatic carbocycles. The number of nitrogens with zero attached hydrogens (tertiary/aromatic N) is 3. The SMILES string of the molecule is O=[N+]([O-])O.O=[N+]([O-])c1ccc(C2=NCCNC(C(F)(F)F)=C2)s1. The summed E-state index contributed by atoms with van der Waals surface area (Å²) in [4.78, 5) is 22.7. The Labute approximate surface area is 130 Å². The Bertz CT molecular complexity index is 651. The van der Waals surface area contributed by atoms with Crippen LogP contribution in [0.15, 0.2) is 28.9 Å². The molecule has 0 aliphatic carbocycles. The van der Waals surface area contributed by atoms with Crippen LogP contribution in [-0.2, 0) is 0 Å². The predicted octanol–water partition coefficient (Wildman–Crippen LogP) is 2.15. The Morgan fingerprint density at radius 2 is 1.91 bits per heavy atom. The summed E-state index contributed by atoms with van der Waals surface area (Å²) in [5.74, 6) is 0. The lowest BCUT2D eigenvalue weighted by Crippen LogP contribution is -2.27. The van der Waals surface area contributed by atoms with Gasteiger partial charge in [0.2, 0.25) is 0 Å². The first kappa shape index (κ1) is 18.3. The first-order valence-electron chi connectivity index (χ1n) is 5.76. The van der Waals surface area contributed by atoms with Crippen molar-refractivity contribution in [1.29, 1.82) is 0 Å². The number of rotatable bonds is 2. The summed E-state index contributed by atoms with van der Waals surface area (Å²) in [7, 11) is 0. The van der Waals surface area contributed by atoms with Gasteiger partial charge in [-0.3, -0.25) is 15.1 Å². The Kier molecular flexibility index (Phi) is 6.01. The van der Waals surface area contributed by atoms with Crippen molar-refractivity contribution in [2.24, 2.45) is 4.99 Å². The molecular formula is C10H9F3N4O5S. The zero-order valence-corrected chi connectivity index (χ0v) is 11.9. The van der Waals surface area contributed by atoms with Crippen LogP contribution in [-0.4, -0.2) is 40.2 Å². The zero-order valence-electron chi connectivity index (χ0n) is 11.1. The molecule has 0 saturated carbocycles. The molecule has 0 bridgehead atoms. The quantitative estimate of drug-likeness (QED) is 0.618. The lowest BCUT2D eigenvalue weighted by Gasteiger charge is -2.11. The van der Waals surface area contributed by atoms with Gasteiger partial charge in [0.1, 0.15) is 5.70 Å². The molecule has 0 atom stereocenters. The van der Waals surface area contributed by atoms with Crippen molar-refractivity contribution in [1.82, 2.24) is 5.32 Å². The number of hydrogen-bond acceptors (Lipinski definition) is 7. The molecule has 0 unspecified atom stereocenters. The van der Waals surface area contributed by atoms with Gasteiger partial charge >= 0.3 is 11.2 Å². The molecule has 23 heavy (non-hydrogen) atoms. The highest BCUT2D eigenvalue weighted by Gasteiger charge is 2.34. The maximum absolute atomic E-state index is 12.7. The van der Waals surface area contributed by atoms with E-state index in [0.29, 0.717) is 4.88 Å². The van der Waals surface area contributed by atoms with Crippen LogP contribution in [0, 0.1) is 20.2 Å². The van der Waals surface area contributed by atoms with Crippen molar-refractivity contribution in [2.45, 2.75) is 6.18 Å². The van der Waals surface area contributed by atoms with E-state index in [1.807, 2.05) is 0 Å². The Morgan fingerprint density at radius 3 is 2.39 bits per heavy atom. The van der Waals surface area contributed by atoms with E-state index in [4.69, 9.17) is 15.3 Å². The van der Waals surface area contributed by atoms with Gasteiger partial charge in [-0.1, -0.05) is 11.3 Å². The van der Waals surface area contributed by atoms with Crippen LogP contribution in [0.5, 0.6) is 0 Å². The van der Waals surface area contributed by atoms with Crippen LogP contribution in [0.2, 0.25) is 0 Å². The van der Waals surface area contributed by atoms with Crippen LogP contribution in [0.25, 0.3) is 0 Å². The standard InChI is InChI=1S/C10H8F3N3O2S.HNO3/c11-10(12,13)8-5-6(14-3-4-15-8)7-1-2-9(19-7)16(17)18;2-1(3)4/h1-2,5,15H,3-4H2;(H,2,3,4). The topological polar surface area (TPSA) is 131 Å². The summed E-state index contributed by atoms with van der Waals surface area (Å²) in [5.41, 5.74) is -0.782. The summed E-state index contributed by atoms with van der Waals surface area (Å²) >= 11 is 0.800. The second-order valence-corrected chi connectivity index (χ2v) is 4.94. The largest absolute Gasteiger partial charge is 0.430 e. The molecular weight excluding hydrogens is 345 g/mol. The van der Waals surface area contributed by atoms with E-state index in [1.54, 1.807) is 0 Å². The smallest absolute Gasteiger partial charge is 0.379 e. The molecule has 1 aromatic heterocycles. The number of allylic oxidation sites excluding steroid dienone is 2. The van der Waals surface area contributed by atoms with E-state index in [0.717, 1.165) is 17.4 Å². The summed E-state index contributed by atoms with van der Waals surface area (Å²) in [6, 6.07) is 2.65. The van der Waals surface area contributed by atoms with E-state index < -0.39 is 21.9 Å². The Hall–Kier alpha value is -2.70. The molecule has 2 heterocycles. The van der Waals surface area contributed by atoms with E-state index in [1.165, 1.54) is 12.1 Å². The molecule has 2 rings (SSSR count). The van der Waals surface area contributed by atoms with E-state index in [9.17, 15) is 23.3 Å². The normalized spacial score (nSPS) is 14.4. The number of nitro groups is 1. The highest BCUT2D eigenvalue weighted by Crippen LogP contribution is 2.28. The summed E-state index contributed by atoms with van der Waals surface area (Å²) in [6.45, 7) is 0.249. The summed E-state index contributed by atoms with van der Waals surface area (Å²) in [5, 5.41) is 26.3. The third-order valence-electron chi connectivity index (χ3n) is 2.32. The molecule has 126 valence electrons. The van der Waals surface area contributed by atoms with Crippen molar-refractivity contribution >= 4 is 22.0 Å². The fraction of sp³-hybridized carbons (Fsp3) is 0.300. The van der Waals surface area contributed by atoms with Gasteiger partial charge in [-0.25, -0.2) is 0 Å². The number of hydrogen-bond donors (Lipinski definition) is 2.